The van der Waals surface area contributed by atoms with Gasteiger partial charge in [0.05, 0.1) is 0 Å². The molecule has 66 valence electrons. The summed E-state index contributed by atoms with van der Waals surface area (Å²) in [4.78, 5) is 0. The molecule has 4 aliphatic rings. The fourth-order valence-corrected chi connectivity index (χ4v) is 4.40. The molecule has 4 rings (SSSR count). The number of rotatable bonds is 0. The van der Waals surface area contributed by atoms with Crippen LogP contribution in [0.3, 0.4) is 0 Å². The Hall–Kier alpha value is 0.0649. The van der Waals surface area contributed by atoms with Crippen molar-refractivity contribution in [2.45, 2.75) is 45.6 Å². The molecule has 0 amide bonds. The van der Waals surface area contributed by atoms with E-state index in [1.165, 1.54) is 0 Å². The minimum Gasteiger partial charge on any atom is -0.0712 e. The molecular formula is C11H19B. The Morgan fingerprint density at radius 2 is 1.58 bits per heavy atom. The van der Waals surface area contributed by atoms with Crippen molar-refractivity contribution in [3.8, 4) is 0 Å². The first kappa shape index (κ1) is 7.47. The van der Waals surface area contributed by atoms with Crippen LogP contribution in [0.1, 0.15) is 26.7 Å². The normalized spacial score (nSPS) is 48.5. The Bertz CT molecular complexity index is 177. The van der Waals surface area contributed by atoms with Crippen molar-refractivity contribution in [2.75, 3.05) is 0 Å². The highest BCUT2D eigenvalue weighted by Gasteiger charge is 2.53. The fraction of sp³-hybridized carbons (Fsp3) is 1.00. The van der Waals surface area contributed by atoms with Crippen LogP contribution < -0.4 is 0 Å². The third-order valence-corrected chi connectivity index (χ3v) is 5.24. The van der Waals surface area contributed by atoms with Gasteiger partial charge in [0.25, 0.3) is 0 Å². The molecular weight excluding hydrogens is 143 g/mol. The second kappa shape index (κ2) is 2.11. The minimum absolute atomic E-state index is 0.702. The van der Waals surface area contributed by atoms with E-state index in [1.807, 2.05) is 0 Å². The van der Waals surface area contributed by atoms with E-state index in [0.29, 0.717) is 5.41 Å². The fourth-order valence-electron chi connectivity index (χ4n) is 4.40. The van der Waals surface area contributed by atoms with Crippen molar-refractivity contribution < 1.29 is 0 Å². The lowest BCUT2D eigenvalue weighted by molar-refractivity contribution is 0.0278. The predicted octanol–water partition coefficient (Wildman–Crippen LogP) is 3.18. The van der Waals surface area contributed by atoms with Crippen molar-refractivity contribution in [1.29, 1.82) is 0 Å². The third-order valence-electron chi connectivity index (χ3n) is 5.24. The van der Waals surface area contributed by atoms with E-state index in [1.54, 1.807) is 31.8 Å². The van der Waals surface area contributed by atoms with E-state index < -0.39 is 0 Å². The first-order valence-corrected chi connectivity index (χ1v) is 5.66. The highest BCUT2D eigenvalue weighted by molar-refractivity contribution is 6.59. The lowest BCUT2D eigenvalue weighted by Crippen LogP contribution is -2.52. The van der Waals surface area contributed by atoms with Crippen molar-refractivity contribution in [3.05, 3.63) is 0 Å². The Balaban J connectivity index is 1.96. The van der Waals surface area contributed by atoms with Crippen LogP contribution in [0, 0.1) is 23.2 Å². The maximum atomic E-state index is 2.53. The standard InChI is InChI=1S/C11H19B/c1-11(2)9-3-8-4-10(11)7-12(5-8)6-9/h8-10H,3-7H2,1-2H3. The highest BCUT2D eigenvalue weighted by Crippen LogP contribution is 2.60. The van der Waals surface area contributed by atoms with Crippen LogP contribution in [0.2, 0.25) is 19.0 Å². The molecule has 1 saturated carbocycles. The van der Waals surface area contributed by atoms with Crippen molar-refractivity contribution in [2.24, 2.45) is 23.2 Å². The summed E-state index contributed by atoms with van der Waals surface area (Å²) in [6.07, 6.45) is 7.86. The molecule has 1 heteroatoms. The topological polar surface area (TPSA) is 0 Å². The van der Waals surface area contributed by atoms with Crippen molar-refractivity contribution in [1.82, 2.24) is 0 Å². The Morgan fingerprint density at radius 1 is 1.00 bits per heavy atom. The molecule has 4 bridgehead atoms. The maximum absolute atomic E-state index is 2.53. The zero-order valence-electron chi connectivity index (χ0n) is 8.34. The summed E-state index contributed by atoms with van der Waals surface area (Å²) < 4.78 is 0. The van der Waals surface area contributed by atoms with Crippen LogP contribution >= 0.6 is 0 Å². The molecule has 3 heterocycles. The highest BCUT2D eigenvalue weighted by atomic mass is 14.5. The first-order chi connectivity index (χ1) is 5.66. The Labute approximate surface area is 76.2 Å². The van der Waals surface area contributed by atoms with Gasteiger partial charge in [-0.3, -0.25) is 0 Å². The molecule has 0 N–H and O–H groups in total. The third kappa shape index (κ3) is 0.804. The van der Waals surface area contributed by atoms with Crippen LogP contribution in [-0.2, 0) is 0 Å². The van der Waals surface area contributed by atoms with Gasteiger partial charge >= 0.3 is 0 Å². The minimum atomic E-state index is 0.702. The Kier molecular flexibility index (Phi) is 1.31. The van der Waals surface area contributed by atoms with Gasteiger partial charge in [-0.15, -0.1) is 0 Å². The lowest BCUT2D eigenvalue weighted by Gasteiger charge is -2.58. The second-order valence-corrected chi connectivity index (χ2v) is 6.13. The molecule has 0 aromatic carbocycles. The smallest absolute Gasteiger partial charge is 0.0712 e. The summed E-state index contributed by atoms with van der Waals surface area (Å²) >= 11 is 0. The number of hydrogen-bond donors (Lipinski definition) is 0. The molecule has 0 nitrogen and oxygen atoms in total. The number of hydrogen-bond acceptors (Lipinski definition) is 0. The molecule has 0 aromatic heterocycles. The summed E-state index contributed by atoms with van der Waals surface area (Å²) in [5, 5.41) is 0. The molecule has 3 saturated heterocycles. The zero-order valence-corrected chi connectivity index (χ0v) is 8.34. The van der Waals surface area contributed by atoms with Gasteiger partial charge in [0.1, 0.15) is 6.71 Å². The lowest BCUT2D eigenvalue weighted by atomic mass is 9.24. The van der Waals surface area contributed by atoms with Crippen molar-refractivity contribution >= 4 is 6.71 Å². The average molecular weight is 162 g/mol. The quantitative estimate of drug-likeness (QED) is 0.480. The molecule has 3 aliphatic heterocycles. The first-order valence-electron chi connectivity index (χ1n) is 5.66. The molecule has 0 spiro atoms. The summed E-state index contributed by atoms with van der Waals surface area (Å²) in [5.74, 6) is 3.32. The van der Waals surface area contributed by atoms with Crippen LogP contribution in [0.25, 0.3) is 0 Å². The van der Waals surface area contributed by atoms with Crippen LogP contribution in [0.15, 0.2) is 0 Å². The molecule has 1 aliphatic carbocycles. The summed E-state index contributed by atoms with van der Waals surface area (Å²) in [6, 6.07) is 0. The zero-order chi connectivity index (χ0) is 8.34. The largest absolute Gasteiger partial charge is 0.140 e. The average Bonchev–Trinajstić information content (AvgIpc) is 1.99. The van der Waals surface area contributed by atoms with Crippen LogP contribution in [-0.4, -0.2) is 6.71 Å². The SMILES string of the molecule is CC1(C)C2CB3CC(C2)CC1C3. The van der Waals surface area contributed by atoms with Crippen LogP contribution in [0.4, 0.5) is 0 Å². The van der Waals surface area contributed by atoms with E-state index in [0.717, 1.165) is 24.5 Å². The molecule has 2 unspecified atom stereocenters. The van der Waals surface area contributed by atoms with Gasteiger partial charge in [-0.2, -0.15) is 0 Å². The van der Waals surface area contributed by atoms with Gasteiger partial charge in [0, 0.05) is 0 Å². The van der Waals surface area contributed by atoms with Gasteiger partial charge in [-0.1, -0.05) is 32.8 Å². The summed E-state index contributed by atoms with van der Waals surface area (Å²) in [5.41, 5.74) is 0.702. The van der Waals surface area contributed by atoms with Gasteiger partial charge < -0.3 is 0 Å². The Morgan fingerprint density at radius 3 is 2.08 bits per heavy atom. The molecule has 12 heavy (non-hydrogen) atoms. The van der Waals surface area contributed by atoms with E-state index in [4.69, 9.17) is 0 Å². The molecule has 2 atom stereocenters. The monoisotopic (exact) mass is 162 g/mol. The van der Waals surface area contributed by atoms with Gasteiger partial charge in [0.2, 0.25) is 0 Å². The van der Waals surface area contributed by atoms with Gasteiger partial charge in [-0.05, 0) is 36.0 Å². The van der Waals surface area contributed by atoms with E-state index in [2.05, 4.69) is 13.8 Å². The maximum Gasteiger partial charge on any atom is 0.140 e. The van der Waals surface area contributed by atoms with E-state index in [-0.39, 0.29) is 0 Å². The van der Waals surface area contributed by atoms with Gasteiger partial charge in [-0.25, -0.2) is 0 Å². The van der Waals surface area contributed by atoms with Gasteiger partial charge in [0.15, 0.2) is 0 Å². The predicted molar refractivity (Wildman–Crippen MR) is 53.7 cm³/mol. The van der Waals surface area contributed by atoms with Crippen molar-refractivity contribution in [3.63, 3.8) is 0 Å². The second-order valence-electron chi connectivity index (χ2n) is 6.13. The molecule has 4 fully saturated rings. The van der Waals surface area contributed by atoms with E-state index >= 15 is 0 Å². The molecule has 0 aromatic rings. The summed E-state index contributed by atoms with van der Waals surface area (Å²) in [6.45, 7) is 6.20. The molecule has 0 radical (unpaired) electrons. The van der Waals surface area contributed by atoms with Crippen LogP contribution in [0.5, 0.6) is 0 Å². The van der Waals surface area contributed by atoms with E-state index in [9.17, 15) is 0 Å². The summed E-state index contributed by atoms with van der Waals surface area (Å²) in [7, 11) is 0.